The first-order valence-electron chi connectivity index (χ1n) is 5.70. The van der Waals surface area contributed by atoms with Gasteiger partial charge in [-0.1, -0.05) is 31.2 Å². The van der Waals surface area contributed by atoms with Crippen LogP contribution in [0.5, 0.6) is 0 Å². The molecule has 0 aliphatic heterocycles. The van der Waals surface area contributed by atoms with Crippen molar-refractivity contribution in [2.24, 2.45) is 5.92 Å². The smallest absolute Gasteiger partial charge is 0.0945 e. The van der Waals surface area contributed by atoms with Gasteiger partial charge in [-0.15, -0.1) is 5.10 Å². The van der Waals surface area contributed by atoms with Crippen molar-refractivity contribution < 1.29 is 5.11 Å². The van der Waals surface area contributed by atoms with E-state index in [0.29, 0.717) is 11.8 Å². The van der Waals surface area contributed by atoms with Gasteiger partial charge >= 0.3 is 0 Å². The summed E-state index contributed by atoms with van der Waals surface area (Å²) in [6.45, 7) is 4.20. The van der Waals surface area contributed by atoms with Crippen molar-refractivity contribution in [3.05, 3.63) is 10.6 Å². The Bertz CT molecular complexity index is 318. The van der Waals surface area contributed by atoms with Crippen LogP contribution in [0.1, 0.15) is 62.1 Å². The first kappa shape index (κ1) is 11.0. The van der Waals surface area contributed by atoms with E-state index < -0.39 is 0 Å². The van der Waals surface area contributed by atoms with E-state index in [0.717, 1.165) is 23.4 Å². The molecule has 0 radical (unpaired) electrons. The minimum absolute atomic E-state index is 0.329. The standard InChI is InChI=1S/C11H18N2OS/c1-7(2)9-11(15-13-12-9)10(14)8-5-3-4-6-8/h7-8,10,14H,3-6H2,1-2H3. The lowest BCUT2D eigenvalue weighted by atomic mass is 9.96. The molecule has 1 aromatic heterocycles. The van der Waals surface area contributed by atoms with E-state index in [1.165, 1.54) is 24.4 Å². The summed E-state index contributed by atoms with van der Waals surface area (Å²) in [4.78, 5) is 0.997. The lowest BCUT2D eigenvalue weighted by Crippen LogP contribution is -2.10. The highest BCUT2D eigenvalue weighted by Gasteiger charge is 2.28. The molecule has 1 atom stereocenters. The molecule has 84 valence electrons. The van der Waals surface area contributed by atoms with Gasteiger partial charge in [-0.05, 0) is 36.2 Å². The Labute approximate surface area is 94.7 Å². The van der Waals surface area contributed by atoms with Crippen molar-refractivity contribution >= 4 is 11.5 Å². The summed E-state index contributed by atoms with van der Waals surface area (Å²) in [5.74, 6) is 0.791. The maximum absolute atomic E-state index is 10.3. The second kappa shape index (κ2) is 4.58. The Balaban J connectivity index is 2.16. The lowest BCUT2D eigenvalue weighted by molar-refractivity contribution is 0.114. The van der Waals surface area contributed by atoms with Crippen LogP contribution in [-0.2, 0) is 0 Å². The van der Waals surface area contributed by atoms with Crippen LogP contribution >= 0.6 is 11.5 Å². The fourth-order valence-electron chi connectivity index (χ4n) is 2.30. The highest BCUT2D eigenvalue weighted by atomic mass is 32.1. The van der Waals surface area contributed by atoms with Crippen molar-refractivity contribution in [1.29, 1.82) is 0 Å². The van der Waals surface area contributed by atoms with E-state index in [9.17, 15) is 5.11 Å². The number of hydrogen-bond acceptors (Lipinski definition) is 4. The molecule has 0 bridgehead atoms. The molecule has 0 amide bonds. The minimum atomic E-state index is -0.329. The van der Waals surface area contributed by atoms with Crippen molar-refractivity contribution in [2.75, 3.05) is 0 Å². The summed E-state index contributed by atoms with van der Waals surface area (Å²) in [6, 6.07) is 0. The molecule has 15 heavy (non-hydrogen) atoms. The number of hydrogen-bond donors (Lipinski definition) is 1. The summed E-state index contributed by atoms with van der Waals surface area (Å²) in [5, 5.41) is 14.4. The van der Waals surface area contributed by atoms with E-state index in [4.69, 9.17) is 0 Å². The number of nitrogens with zero attached hydrogens (tertiary/aromatic N) is 2. The summed E-state index contributed by atoms with van der Waals surface area (Å²) in [6.07, 6.45) is 4.48. The highest BCUT2D eigenvalue weighted by Crippen LogP contribution is 2.38. The van der Waals surface area contributed by atoms with Crippen LogP contribution in [0.15, 0.2) is 0 Å². The third kappa shape index (κ3) is 2.21. The first-order chi connectivity index (χ1) is 7.20. The fourth-order valence-corrected chi connectivity index (χ4v) is 3.18. The van der Waals surface area contributed by atoms with E-state index in [1.807, 2.05) is 0 Å². The number of aliphatic hydroxyl groups excluding tert-OH is 1. The second-order valence-corrected chi connectivity index (χ2v) is 5.45. The van der Waals surface area contributed by atoms with Crippen LogP contribution < -0.4 is 0 Å². The SMILES string of the molecule is CC(C)c1nnsc1C(O)C1CCCC1. The molecule has 1 N–H and O–H groups in total. The first-order valence-corrected chi connectivity index (χ1v) is 6.47. The number of aromatic nitrogens is 2. The zero-order valence-electron chi connectivity index (χ0n) is 9.31. The molecule has 3 nitrogen and oxygen atoms in total. The van der Waals surface area contributed by atoms with Crippen molar-refractivity contribution in [3.8, 4) is 0 Å². The molecule has 1 aromatic rings. The summed E-state index contributed by atoms with van der Waals surface area (Å²) >= 11 is 1.36. The van der Waals surface area contributed by atoms with Gasteiger partial charge < -0.3 is 5.11 Å². The van der Waals surface area contributed by atoms with Gasteiger partial charge in [-0.3, -0.25) is 0 Å². The predicted molar refractivity (Wildman–Crippen MR) is 60.9 cm³/mol. The lowest BCUT2D eigenvalue weighted by Gasteiger charge is -2.17. The molecule has 1 aliphatic rings. The Hall–Kier alpha value is -0.480. The van der Waals surface area contributed by atoms with Gasteiger partial charge in [0.25, 0.3) is 0 Å². The zero-order valence-corrected chi connectivity index (χ0v) is 10.1. The number of rotatable bonds is 3. The molecule has 1 unspecified atom stereocenters. The maximum atomic E-state index is 10.3. The van der Waals surface area contributed by atoms with Crippen LogP contribution in [0, 0.1) is 5.92 Å². The minimum Gasteiger partial charge on any atom is -0.387 e. The normalized spacial score (nSPS) is 20.0. The molecule has 1 heterocycles. The second-order valence-electron chi connectivity index (χ2n) is 4.67. The molecular formula is C11H18N2OS. The maximum Gasteiger partial charge on any atom is 0.0945 e. The fraction of sp³-hybridized carbons (Fsp3) is 0.818. The molecule has 4 heteroatoms. The Kier molecular flexibility index (Phi) is 3.36. The van der Waals surface area contributed by atoms with E-state index >= 15 is 0 Å². The quantitative estimate of drug-likeness (QED) is 0.862. The van der Waals surface area contributed by atoms with Crippen LogP contribution in [0.3, 0.4) is 0 Å². The molecule has 1 aliphatic carbocycles. The number of aliphatic hydroxyl groups is 1. The van der Waals surface area contributed by atoms with Crippen molar-refractivity contribution in [2.45, 2.75) is 51.6 Å². The summed E-state index contributed by atoms with van der Waals surface area (Å²) in [7, 11) is 0. The van der Waals surface area contributed by atoms with Gasteiger partial charge in [0.15, 0.2) is 0 Å². The Morgan fingerprint density at radius 1 is 1.33 bits per heavy atom. The molecular weight excluding hydrogens is 208 g/mol. The van der Waals surface area contributed by atoms with E-state index in [2.05, 4.69) is 23.4 Å². The van der Waals surface area contributed by atoms with Crippen molar-refractivity contribution in [1.82, 2.24) is 9.59 Å². The van der Waals surface area contributed by atoms with Crippen LogP contribution in [0.2, 0.25) is 0 Å². The van der Waals surface area contributed by atoms with Crippen LogP contribution in [0.4, 0.5) is 0 Å². The van der Waals surface area contributed by atoms with E-state index in [-0.39, 0.29) is 6.10 Å². The van der Waals surface area contributed by atoms with Gasteiger partial charge in [-0.25, -0.2) is 0 Å². The van der Waals surface area contributed by atoms with Gasteiger partial charge in [0.05, 0.1) is 16.7 Å². The molecule has 0 saturated heterocycles. The average Bonchev–Trinajstić information content (AvgIpc) is 2.88. The van der Waals surface area contributed by atoms with Gasteiger partial charge in [0.1, 0.15) is 0 Å². The van der Waals surface area contributed by atoms with E-state index in [1.54, 1.807) is 0 Å². The summed E-state index contributed by atoms with van der Waals surface area (Å²) in [5.41, 5.74) is 0.986. The highest BCUT2D eigenvalue weighted by molar-refractivity contribution is 7.05. The van der Waals surface area contributed by atoms with Crippen molar-refractivity contribution in [3.63, 3.8) is 0 Å². The topological polar surface area (TPSA) is 46.0 Å². The molecule has 0 spiro atoms. The van der Waals surface area contributed by atoms with Gasteiger partial charge in [0.2, 0.25) is 0 Å². The molecule has 1 saturated carbocycles. The third-order valence-electron chi connectivity index (χ3n) is 3.20. The molecule has 1 fully saturated rings. The van der Waals surface area contributed by atoms with Crippen LogP contribution in [-0.4, -0.2) is 14.7 Å². The monoisotopic (exact) mass is 226 g/mol. The zero-order chi connectivity index (χ0) is 10.8. The van der Waals surface area contributed by atoms with Crippen LogP contribution in [0.25, 0.3) is 0 Å². The third-order valence-corrected chi connectivity index (χ3v) is 4.01. The molecule has 0 aromatic carbocycles. The largest absolute Gasteiger partial charge is 0.387 e. The Morgan fingerprint density at radius 3 is 2.60 bits per heavy atom. The summed E-state index contributed by atoms with van der Waals surface area (Å²) < 4.78 is 3.97. The van der Waals surface area contributed by atoms with Gasteiger partial charge in [0, 0.05) is 0 Å². The average molecular weight is 226 g/mol. The van der Waals surface area contributed by atoms with Gasteiger partial charge in [-0.2, -0.15) is 0 Å². The predicted octanol–water partition coefficient (Wildman–Crippen LogP) is 2.89. The molecule has 2 rings (SSSR count). The Morgan fingerprint density at radius 2 is 2.00 bits per heavy atom.